The van der Waals surface area contributed by atoms with E-state index in [-0.39, 0.29) is 72.5 Å². The van der Waals surface area contributed by atoms with Crippen LogP contribution in [0.5, 0.6) is 0 Å². The predicted molar refractivity (Wildman–Crippen MR) is 89.2 cm³/mol. The second-order valence-electron chi connectivity index (χ2n) is 4.82. The molecule has 0 saturated carbocycles. The van der Waals surface area contributed by atoms with Crippen molar-refractivity contribution >= 4 is 62.1 Å². The van der Waals surface area contributed by atoms with E-state index >= 15 is 0 Å². The number of hydrogen-bond acceptors (Lipinski definition) is 12. The van der Waals surface area contributed by atoms with Crippen LogP contribution in [0.15, 0.2) is 11.5 Å². The molecule has 16 heteroatoms. The zero-order valence-electron chi connectivity index (χ0n) is 16.4. The molecular weight excluding hydrogens is 493 g/mol. The number of aliphatic hydroxyl groups excluding tert-OH is 9. The third kappa shape index (κ3) is 10.3. The van der Waals surface area contributed by atoms with Gasteiger partial charge in [-0.3, -0.25) is 0 Å². The van der Waals surface area contributed by atoms with Crippen molar-refractivity contribution in [2.75, 3.05) is 13.2 Å². The van der Waals surface area contributed by atoms with Crippen molar-refractivity contribution in [3.8, 4) is 0 Å². The Morgan fingerprint density at radius 1 is 1.04 bits per heavy atom. The number of aliphatic carboxylic acids is 1. The monoisotopic (exact) mass is 514 g/mol. The summed E-state index contributed by atoms with van der Waals surface area (Å²) in [5.74, 6) is -4.50. The molecule has 0 aromatic rings. The van der Waals surface area contributed by atoms with Gasteiger partial charge < -0.3 is 58.7 Å². The second kappa shape index (κ2) is 16.9. The first-order valence-corrected chi connectivity index (χ1v) is 6.67. The molecule has 0 bridgehead atoms. The zero-order valence-corrected chi connectivity index (χ0v) is 20.4. The fourth-order valence-corrected chi connectivity index (χ4v) is 1.49. The minimum absolute atomic E-state index is 0. The molecule has 1 heterocycles. The molecule has 1 aliphatic rings. The summed E-state index contributed by atoms with van der Waals surface area (Å²) in [6, 6.07) is 0. The minimum Gasteiger partial charge on any atom is -1.00 e. The number of ether oxygens (including phenoxy) is 1. The standard InChI is InChI=1S/C6H12O7.C6H8O6.Ca.ClH.Zn.2H/c7-1-2(8)3(9)4(10)5(11)6(12)13;7-1-2(8)5-3(9)4(10)6(11)12-5;;;;;/h2-5,7-11H,1H2,(H,12,13);2,5,7-10H,1H2;;1H;;;/q;;+2;;;2*-1/t;2?,5-;;;;;/m.1...../s1. The molecule has 10 N–H and O–H groups in total. The molecule has 13 nitrogen and oxygen atoms in total. The molecular formula is C12H23CaClO13Zn. The number of hydrogen-bond donors (Lipinski definition) is 10. The Morgan fingerprint density at radius 3 is 1.79 bits per heavy atom. The molecule has 0 saturated heterocycles. The first-order chi connectivity index (χ1) is 11.5. The Bertz CT molecular complexity index is 519. The maximum atomic E-state index is 10.5. The molecule has 0 radical (unpaired) electrons. The Labute approximate surface area is 210 Å². The van der Waals surface area contributed by atoms with E-state index in [1.165, 1.54) is 0 Å². The first kappa shape index (κ1) is 35.6. The molecule has 5 unspecified atom stereocenters. The van der Waals surface area contributed by atoms with E-state index in [4.69, 9.17) is 51.1 Å². The van der Waals surface area contributed by atoms with Crippen molar-refractivity contribution in [3.63, 3.8) is 0 Å². The van der Waals surface area contributed by atoms with Gasteiger partial charge in [-0.15, -0.1) is 12.4 Å². The van der Waals surface area contributed by atoms with Gasteiger partial charge in [-0.05, 0) is 0 Å². The molecule has 28 heavy (non-hydrogen) atoms. The van der Waals surface area contributed by atoms with Crippen molar-refractivity contribution in [2.24, 2.45) is 0 Å². The summed E-state index contributed by atoms with van der Waals surface area (Å²) in [5, 5.41) is 86.9. The van der Waals surface area contributed by atoms with E-state index < -0.39 is 73.3 Å². The average molecular weight is 516 g/mol. The number of esters is 1. The van der Waals surface area contributed by atoms with E-state index in [2.05, 4.69) is 4.74 Å². The number of carboxylic acids is 1. The second-order valence-corrected chi connectivity index (χ2v) is 4.82. The van der Waals surface area contributed by atoms with Gasteiger partial charge in [0.25, 0.3) is 0 Å². The quantitative estimate of drug-likeness (QED) is 0.113. The van der Waals surface area contributed by atoms with Gasteiger partial charge in [-0.1, -0.05) is 0 Å². The number of cyclic esters (lactones) is 1. The fourth-order valence-electron chi connectivity index (χ4n) is 1.49. The largest absolute Gasteiger partial charge is 2.00 e. The van der Waals surface area contributed by atoms with E-state index in [0.29, 0.717) is 0 Å². The van der Waals surface area contributed by atoms with Crippen LogP contribution in [-0.4, -0.2) is 151 Å². The molecule has 1 aliphatic heterocycles. The number of carbonyl (C=O) groups excluding carboxylic acids is 1. The fraction of sp³-hybridized carbons (Fsp3) is 0.667. The smallest absolute Gasteiger partial charge is 1.00 e. The summed E-state index contributed by atoms with van der Waals surface area (Å²) in [5.41, 5.74) is 0. The van der Waals surface area contributed by atoms with Gasteiger partial charge in [-0.25, -0.2) is 9.59 Å². The van der Waals surface area contributed by atoms with Gasteiger partial charge in [0.1, 0.15) is 24.4 Å². The molecule has 1 rings (SSSR count). The third-order valence-corrected chi connectivity index (χ3v) is 2.98. The van der Waals surface area contributed by atoms with Crippen LogP contribution in [0, 0.1) is 0 Å². The first-order valence-electron chi connectivity index (χ1n) is 6.67. The van der Waals surface area contributed by atoms with Crippen LogP contribution in [0.4, 0.5) is 0 Å². The van der Waals surface area contributed by atoms with Crippen LogP contribution in [0.2, 0.25) is 0 Å². The third-order valence-electron chi connectivity index (χ3n) is 2.98. The molecule has 0 aromatic heterocycles. The van der Waals surface area contributed by atoms with Crippen LogP contribution in [0.25, 0.3) is 0 Å². The Morgan fingerprint density at radius 2 is 1.50 bits per heavy atom. The van der Waals surface area contributed by atoms with Gasteiger partial charge in [0.2, 0.25) is 5.76 Å². The average Bonchev–Trinajstić information content (AvgIpc) is 2.86. The van der Waals surface area contributed by atoms with Gasteiger partial charge in [0, 0.05) is 19.5 Å². The van der Waals surface area contributed by atoms with Crippen LogP contribution < -0.4 is 0 Å². The predicted octanol–water partition coefficient (Wildman–Crippen LogP) is -4.64. The van der Waals surface area contributed by atoms with Crippen LogP contribution in [0.1, 0.15) is 2.85 Å². The number of halogens is 1. The minimum atomic E-state index is -2.20. The Kier molecular flexibility index (Phi) is 21.5. The van der Waals surface area contributed by atoms with Crippen molar-refractivity contribution < 1.29 is 87.7 Å². The molecule has 160 valence electrons. The summed E-state index contributed by atoms with van der Waals surface area (Å²) in [7, 11) is 0. The summed E-state index contributed by atoms with van der Waals surface area (Å²) < 4.78 is 4.32. The Balaban J connectivity index is -0.0000000824. The summed E-state index contributed by atoms with van der Waals surface area (Å²) in [4.78, 5) is 20.6. The van der Waals surface area contributed by atoms with Crippen LogP contribution in [0.3, 0.4) is 0 Å². The number of carbonyl (C=O) groups is 2. The maximum Gasteiger partial charge on any atom is 2.00 e. The molecule has 6 atom stereocenters. The van der Waals surface area contributed by atoms with E-state index in [0.717, 1.165) is 0 Å². The number of carboxylic acid groups (broad SMARTS) is 1. The van der Waals surface area contributed by atoms with Gasteiger partial charge >= 0.3 is 49.7 Å². The van der Waals surface area contributed by atoms with Crippen molar-refractivity contribution in [3.05, 3.63) is 11.5 Å². The summed E-state index contributed by atoms with van der Waals surface area (Å²) >= 11 is 0. The SMILES string of the molecule is Cl.O=C(O)C(O)C(O)C(O)C(O)CO.O=C1O[C@H](C(O)CO)C(O)=C1O.[Ca+2].[H-].[H-].[Zn]. The Hall–Kier alpha value is 0.173. The number of rotatable bonds is 7. The van der Waals surface area contributed by atoms with Gasteiger partial charge in [0.15, 0.2) is 18.0 Å². The summed E-state index contributed by atoms with van der Waals surface area (Å²) in [6.07, 6.45) is -10.6. The molecule has 0 aliphatic carbocycles. The topological polar surface area (TPSA) is 246 Å². The maximum absolute atomic E-state index is 10.5. The van der Waals surface area contributed by atoms with E-state index in [9.17, 15) is 9.59 Å². The van der Waals surface area contributed by atoms with Crippen molar-refractivity contribution in [1.29, 1.82) is 0 Å². The summed E-state index contributed by atoms with van der Waals surface area (Å²) in [6.45, 7) is -1.51. The van der Waals surface area contributed by atoms with E-state index in [1.807, 2.05) is 0 Å². The zero-order chi connectivity index (χ0) is 19.9. The van der Waals surface area contributed by atoms with Crippen LogP contribution >= 0.6 is 12.4 Å². The molecule has 0 amide bonds. The van der Waals surface area contributed by atoms with Gasteiger partial charge in [-0.2, -0.15) is 0 Å². The van der Waals surface area contributed by atoms with Crippen molar-refractivity contribution in [1.82, 2.24) is 0 Å². The normalized spacial score (nSPS) is 20.5. The van der Waals surface area contributed by atoms with Crippen LogP contribution in [-0.2, 0) is 33.8 Å². The number of aliphatic hydroxyl groups is 9. The molecule has 0 spiro atoms. The van der Waals surface area contributed by atoms with E-state index in [1.54, 1.807) is 0 Å². The molecule has 0 aromatic carbocycles. The van der Waals surface area contributed by atoms with Crippen molar-refractivity contribution in [2.45, 2.75) is 36.6 Å². The van der Waals surface area contributed by atoms with Gasteiger partial charge in [0.05, 0.1) is 13.2 Å². The molecule has 0 fully saturated rings.